The topological polar surface area (TPSA) is 89.5 Å². The predicted molar refractivity (Wildman–Crippen MR) is 110 cm³/mol. The number of carbonyl (C=O) groups excluding carboxylic acids is 2. The van der Waals surface area contributed by atoms with Crippen LogP contribution in [-0.2, 0) is 12.8 Å². The highest BCUT2D eigenvalue weighted by Gasteiger charge is 2.26. The van der Waals surface area contributed by atoms with Crippen LogP contribution in [-0.4, -0.2) is 21.2 Å². The minimum atomic E-state index is -0.488. The highest BCUT2D eigenvalue weighted by molar-refractivity contribution is 9.10. The van der Waals surface area contributed by atoms with Crippen LogP contribution in [0.15, 0.2) is 16.7 Å². The molecule has 3 aromatic rings. The van der Waals surface area contributed by atoms with Gasteiger partial charge in [-0.05, 0) is 72.7 Å². The van der Waals surface area contributed by atoms with Gasteiger partial charge in [-0.3, -0.25) is 14.0 Å². The molecular weight excluding hydrogens is 428 g/mol. The Balaban J connectivity index is 1.78. The van der Waals surface area contributed by atoms with Gasteiger partial charge in [0, 0.05) is 15.5 Å². The Labute approximate surface area is 168 Å². The van der Waals surface area contributed by atoms with Crippen LogP contribution in [0.4, 0.5) is 5.00 Å². The van der Waals surface area contributed by atoms with E-state index < -0.39 is 5.91 Å². The summed E-state index contributed by atoms with van der Waals surface area (Å²) < 4.78 is 2.64. The number of primary amides is 1. The number of nitrogens with zero attached hydrogens (tertiary/aromatic N) is 2. The molecule has 1 aliphatic rings. The number of amides is 2. The van der Waals surface area contributed by atoms with E-state index >= 15 is 0 Å². The summed E-state index contributed by atoms with van der Waals surface area (Å²) in [6.07, 6.45) is 5.72. The van der Waals surface area contributed by atoms with E-state index in [1.807, 2.05) is 26.1 Å². The third kappa shape index (κ3) is 3.06. The highest BCUT2D eigenvalue weighted by atomic mass is 79.9. The summed E-state index contributed by atoms with van der Waals surface area (Å²) in [6, 6.07) is 1.96. The molecule has 0 unspecified atom stereocenters. The number of thiophene rings is 1. The molecule has 3 heterocycles. The summed E-state index contributed by atoms with van der Waals surface area (Å²) in [5.41, 5.74) is 9.89. The van der Waals surface area contributed by atoms with Gasteiger partial charge in [0.25, 0.3) is 11.8 Å². The zero-order valence-corrected chi connectivity index (χ0v) is 17.5. The smallest absolute Gasteiger partial charge is 0.275 e. The van der Waals surface area contributed by atoms with E-state index in [9.17, 15) is 9.59 Å². The summed E-state index contributed by atoms with van der Waals surface area (Å²) in [5, 5.41) is 3.47. The van der Waals surface area contributed by atoms with Crippen molar-refractivity contribution in [1.82, 2.24) is 9.38 Å². The largest absolute Gasteiger partial charge is 0.365 e. The van der Waals surface area contributed by atoms with Gasteiger partial charge in [-0.15, -0.1) is 11.3 Å². The molecule has 0 aromatic carbocycles. The van der Waals surface area contributed by atoms with E-state index in [1.54, 1.807) is 4.40 Å². The lowest BCUT2D eigenvalue weighted by atomic mass is 9.95. The number of rotatable bonds is 3. The van der Waals surface area contributed by atoms with E-state index in [-0.39, 0.29) is 5.91 Å². The maximum atomic E-state index is 13.1. The van der Waals surface area contributed by atoms with Crippen LogP contribution < -0.4 is 11.1 Å². The minimum Gasteiger partial charge on any atom is -0.365 e. The maximum Gasteiger partial charge on any atom is 0.275 e. The number of nitrogens with two attached hydrogens (primary N) is 1. The first-order valence-electron chi connectivity index (χ1n) is 8.77. The maximum absolute atomic E-state index is 13.1. The number of pyridine rings is 1. The fourth-order valence-electron chi connectivity index (χ4n) is 3.73. The molecule has 0 aliphatic heterocycles. The van der Waals surface area contributed by atoms with E-state index in [4.69, 9.17) is 5.73 Å². The Morgan fingerprint density at radius 1 is 1.30 bits per heavy atom. The summed E-state index contributed by atoms with van der Waals surface area (Å²) >= 11 is 4.93. The first-order chi connectivity index (χ1) is 12.9. The molecule has 0 fully saturated rings. The molecule has 0 saturated heterocycles. The van der Waals surface area contributed by atoms with Gasteiger partial charge in [-0.1, -0.05) is 0 Å². The van der Waals surface area contributed by atoms with Crippen molar-refractivity contribution >= 4 is 49.7 Å². The molecule has 0 saturated carbocycles. The number of carbonyl (C=O) groups is 2. The number of nitrogens with one attached hydrogen (secondary N) is 1. The van der Waals surface area contributed by atoms with E-state index in [2.05, 4.69) is 26.2 Å². The molecule has 3 N–H and O–H groups in total. The van der Waals surface area contributed by atoms with Gasteiger partial charge >= 0.3 is 0 Å². The highest BCUT2D eigenvalue weighted by Crippen LogP contribution is 2.38. The number of aryl methyl sites for hydroxylation is 3. The second-order valence-electron chi connectivity index (χ2n) is 6.81. The zero-order valence-electron chi connectivity index (χ0n) is 15.1. The van der Waals surface area contributed by atoms with Crippen molar-refractivity contribution < 1.29 is 9.59 Å². The van der Waals surface area contributed by atoms with Gasteiger partial charge in [0.1, 0.15) is 16.3 Å². The fraction of sp³-hybridized carbons (Fsp3) is 0.316. The van der Waals surface area contributed by atoms with Crippen LogP contribution in [0.3, 0.4) is 0 Å². The number of hydrogen-bond acceptors (Lipinski definition) is 4. The van der Waals surface area contributed by atoms with Crippen LogP contribution in [0.5, 0.6) is 0 Å². The predicted octanol–water partition coefficient (Wildman–Crippen LogP) is 4.01. The van der Waals surface area contributed by atoms with Gasteiger partial charge in [0.05, 0.1) is 11.3 Å². The van der Waals surface area contributed by atoms with Crippen LogP contribution in [0.2, 0.25) is 0 Å². The average Bonchev–Trinajstić information content (AvgIpc) is 3.11. The number of fused-ring (bicyclic) bond motifs is 2. The standard InChI is InChI=1S/C19H19BrN4O2S/c1-9-7-11(20)8-24-15(10(2)22-17(9)24)18(26)23-19-14(16(21)25)12-5-3-4-6-13(12)27-19/h7-8H,3-6H2,1-2H3,(H2,21,25)(H,23,26). The molecule has 140 valence electrons. The quantitative estimate of drug-likeness (QED) is 0.636. The fourth-order valence-corrected chi connectivity index (χ4v) is 5.57. The van der Waals surface area contributed by atoms with Gasteiger partial charge in [-0.2, -0.15) is 0 Å². The molecule has 3 aromatic heterocycles. The van der Waals surface area contributed by atoms with Crippen LogP contribution in [0, 0.1) is 13.8 Å². The third-order valence-corrected chi connectivity index (χ3v) is 6.55. The molecule has 0 radical (unpaired) electrons. The molecule has 0 spiro atoms. The molecule has 0 bridgehead atoms. The lowest BCUT2D eigenvalue weighted by molar-refractivity contribution is 0.100. The molecule has 1 aliphatic carbocycles. The average molecular weight is 447 g/mol. The number of anilines is 1. The first-order valence-corrected chi connectivity index (χ1v) is 10.4. The zero-order chi connectivity index (χ0) is 19.3. The molecule has 27 heavy (non-hydrogen) atoms. The first kappa shape index (κ1) is 18.2. The summed E-state index contributed by atoms with van der Waals surface area (Å²) in [7, 11) is 0. The van der Waals surface area contributed by atoms with Gasteiger partial charge in [0.15, 0.2) is 0 Å². The van der Waals surface area contributed by atoms with Gasteiger partial charge in [-0.25, -0.2) is 4.98 Å². The summed E-state index contributed by atoms with van der Waals surface area (Å²) in [4.78, 5) is 30.8. The third-order valence-electron chi connectivity index (χ3n) is 4.90. The van der Waals surface area contributed by atoms with Crippen molar-refractivity contribution in [3.05, 3.63) is 49.7 Å². The van der Waals surface area contributed by atoms with Crippen molar-refractivity contribution in [2.45, 2.75) is 39.5 Å². The second kappa shape index (κ2) is 6.76. The van der Waals surface area contributed by atoms with E-state index in [0.717, 1.165) is 51.8 Å². The number of aromatic nitrogens is 2. The van der Waals surface area contributed by atoms with Crippen molar-refractivity contribution in [2.75, 3.05) is 5.32 Å². The number of hydrogen-bond donors (Lipinski definition) is 2. The molecule has 4 rings (SSSR count). The van der Waals surface area contributed by atoms with Crippen molar-refractivity contribution in [3.8, 4) is 0 Å². The van der Waals surface area contributed by atoms with Crippen molar-refractivity contribution in [1.29, 1.82) is 0 Å². The normalized spacial score (nSPS) is 13.6. The van der Waals surface area contributed by atoms with Crippen LogP contribution in [0.25, 0.3) is 5.65 Å². The van der Waals surface area contributed by atoms with Gasteiger partial charge in [0.2, 0.25) is 0 Å². The summed E-state index contributed by atoms with van der Waals surface area (Å²) in [6.45, 7) is 3.76. The molecular formula is C19H19BrN4O2S. The lowest BCUT2D eigenvalue weighted by Crippen LogP contribution is -2.20. The Morgan fingerprint density at radius 2 is 2.04 bits per heavy atom. The van der Waals surface area contributed by atoms with Crippen molar-refractivity contribution in [3.63, 3.8) is 0 Å². The van der Waals surface area contributed by atoms with Crippen LogP contribution >= 0.6 is 27.3 Å². The Bertz CT molecular complexity index is 1100. The van der Waals surface area contributed by atoms with Crippen LogP contribution in [0.1, 0.15) is 55.4 Å². The molecule has 6 nitrogen and oxygen atoms in total. The van der Waals surface area contributed by atoms with E-state index in [1.165, 1.54) is 11.3 Å². The SMILES string of the molecule is Cc1nc2c(C)cc(Br)cn2c1C(=O)Nc1sc2c(c1C(N)=O)CCCC2. The molecule has 2 amide bonds. The Kier molecular flexibility index (Phi) is 4.55. The van der Waals surface area contributed by atoms with E-state index in [0.29, 0.717) is 22.0 Å². The number of imidazole rings is 1. The van der Waals surface area contributed by atoms with Crippen molar-refractivity contribution in [2.24, 2.45) is 5.73 Å². The monoisotopic (exact) mass is 446 g/mol. The second-order valence-corrected chi connectivity index (χ2v) is 8.84. The Hall–Kier alpha value is -2.19. The molecule has 0 atom stereocenters. The van der Waals surface area contributed by atoms with Gasteiger partial charge < -0.3 is 11.1 Å². The summed E-state index contributed by atoms with van der Waals surface area (Å²) in [5.74, 6) is -0.781. The lowest BCUT2D eigenvalue weighted by Gasteiger charge is -2.11. The Morgan fingerprint density at radius 3 is 2.78 bits per heavy atom. The molecule has 8 heteroatoms. The minimum absolute atomic E-state index is 0.293. The number of halogens is 1.